The summed E-state index contributed by atoms with van der Waals surface area (Å²) in [5, 5.41) is 14.7. The second kappa shape index (κ2) is 6.79. The SMILES string of the molecule is CC(=O)c1cc2c(cc1NC(=O)CSc1cccc[n+]1[O-])OCO2. The van der Waals surface area contributed by atoms with E-state index in [-0.39, 0.29) is 24.2 Å². The van der Waals surface area contributed by atoms with E-state index in [4.69, 9.17) is 9.47 Å². The summed E-state index contributed by atoms with van der Waals surface area (Å²) in [5.74, 6) is 0.465. The van der Waals surface area contributed by atoms with Crippen LogP contribution >= 0.6 is 11.8 Å². The summed E-state index contributed by atoms with van der Waals surface area (Å²) in [4.78, 5) is 23.9. The second-order valence-corrected chi connectivity index (χ2v) is 6.00. The summed E-state index contributed by atoms with van der Waals surface area (Å²) in [7, 11) is 0. The molecule has 0 saturated carbocycles. The number of amides is 1. The fourth-order valence-corrected chi connectivity index (χ4v) is 2.90. The van der Waals surface area contributed by atoms with Crippen molar-refractivity contribution in [3.63, 3.8) is 0 Å². The maximum atomic E-state index is 12.1. The number of nitrogens with one attached hydrogen (secondary N) is 1. The second-order valence-electron chi connectivity index (χ2n) is 5.01. The minimum Gasteiger partial charge on any atom is -0.618 e. The van der Waals surface area contributed by atoms with Gasteiger partial charge in [0, 0.05) is 23.8 Å². The molecule has 24 heavy (non-hydrogen) atoms. The Labute approximate surface area is 142 Å². The monoisotopic (exact) mass is 346 g/mol. The molecule has 0 bridgehead atoms. The van der Waals surface area contributed by atoms with Gasteiger partial charge in [0.25, 0.3) is 5.03 Å². The van der Waals surface area contributed by atoms with E-state index in [1.54, 1.807) is 30.3 Å². The molecule has 2 heterocycles. The number of benzene rings is 1. The van der Waals surface area contributed by atoms with Crippen molar-refractivity contribution < 1.29 is 23.8 Å². The van der Waals surface area contributed by atoms with Gasteiger partial charge in [-0.2, -0.15) is 4.73 Å². The molecule has 1 aromatic heterocycles. The van der Waals surface area contributed by atoms with Crippen molar-refractivity contribution >= 4 is 29.1 Å². The molecule has 0 saturated heterocycles. The molecule has 0 radical (unpaired) electrons. The quantitative estimate of drug-likeness (QED) is 0.385. The highest BCUT2D eigenvalue weighted by atomic mass is 32.2. The number of ketones is 1. The lowest BCUT2D eigenvalue weighted by molar-refractivity contribution is -0.645. The van der Waals surface area contributed by atoms with Crippen LogP contribution in [0.1, 0.15) is 17.3 Å². The number of pyridine rings is 1. The van der Waals surface area contributed by atoms with Gasteiger partial charge in [-0.1, -0.05) is 0 Å². The lowest BCUT2D eigenvalue weighted by atomic mass is 10.1. The molecule has 0 unspecified atom stereocenters. The molecule has 3 rings (SSSR count). The molecule has 0 spiro atoms. The van der Waals surface area contributed by atoms with E-state index < -0.39 is 0 Å². The van der Waals surface area contributed by atoms with Crippen molar-refractivity contribution in [3.8, 4) is 11.5 Å². The molecular formula is C16H14N2O5S. The number of carbonyl (C=O) groups excluding carboxylic acids is 2. The van der Waals surface area contributed by atoms with Gasteiger partial charge in [0.2, 0.25) is 12.7 Å². The fourth-order valence-electron chi connectivity index (χ4n) is 2.19. The summed E-state index contributed by atoms with van der Waals surface area (Å²) in [6.45, 7) is 1.49. The zero-order chi connectivity index (χ0) is 17.1. The predicted molar refractivity (Wildman–Crippen MR) is 87.3 cm³/mol. The van der Waals surface area contributed by atoms with Crippen LogP contribution in [0.15, 0.2) is 41.6 Å². The summed E-state index contributed by atoms with van der Waals surface area (Å²) in [5.41, 5.74) is 0.705. The summed E-state index contributed by atoms with van der Waals surface area (Å²) < 4.78 is 11.2. The van der Waals surface area contributed by atoms with Gasteiger partial charge in [-0.3, -0.25) is 9.59 Å². The van der Waals surface area contributed by atoms with Gasteiger partial charge in [0.15, 0.2) is 23.5 Å². The van der Waals surface area contributed by atoms with Crippen LogP contribution in [0.5, 0.6) is 11.5 Å². The number of aromatic nitrogens is 1. The standard InChI is InChI=1S/C16H14N2O5S/c1-10(19)11-6-13-14(23-9-22-13)7-12(11)17-15(20)8-24-16-4-2-3-5-18(16)21/h2-7H,8-9H2,1H3,(H,17,20). The van der Waals surface area contributed by atoms with E-state index in [0.29, 0.717) is 32.5 Å². The maximum absolute atomic E-state index is 12.1. The van der Waals surface area contributed by atoms with Crippen molar-refractivity contribution in [1.29, 1.82) is 0 Å². The van der Waals surface area contributed by atoms with Crippen LogP contribution in [0.3, 0.4) is 0 Å². The molecule has 0 atom stereocenters. The van der Waals surface area contributed by atoms with Crippen LogP contribution < -0.4 is 19.5 Å². The summed E-state index contributed by atoms with van der Waals surface area (Å²) in [6.07, 6.45) is 1.37. The average Bonchev–Trinajstić information content (AvgIpc) is 3.00. The van der Waals surface area contributed by atoms with Gasteiger partial charge < -0.3 is 20.0 Å². The normalized spacial score (nSPS) is 12.0. The number of fused-ring (bicyclic) bond motifs is 1. The Morgan fingerprint density at radius 3 is 2.75 bits per heavy atom. The third kappa shape index (κ3) is 3.43. The number of thioether (sulfide) groups is 1. The molecule has 8 heteroatoms. The number of anilines is 1. The first-order chi connectivity index (χ1) is 11.5. The summed E-state index contributed by atoms with van der Waals surface area (Å²) in [6, 6.07) is 8.09. The van der Waals surface area contributed by atoms with Crippen molar-refractivity contribution in [2.45, 2.75) is 11.9 Å². The summed E-state index contributed by atoms with van der Waals surface area (Å²) >= 11 is 1.11. The number of rotatable bonds is 5. The Morgan fingerprint density at radius 2 is 2.04 bits per heavy atom. The highest BCUT2D eigenvalue weighted by molar-refractivity contribution is 7.99. The number of nitrogens with zero attached hydrogens (tertiary/aromatic N) is 1. The lowest BCUT2D eigenvalue weighted by Crippen LogP contribution is -2.28. The number of Topliss-reactive ketones (excluding diaryl/α,β-unsaturated/α-hetero) is 1. The van der Waals surface area contributed by atoms with E-state index in [1.807, 2.05) is 0 Å². The Hall–Kier alpha value is -2.74. The van der Waals surface area contributed by atoms with E-state index in [0.717, 1.165) is 11.8 Å². The van der Waals surface area contributed by atoms with E-state index in [2.05, 4.69) is 5.32 Å². The van der Waals surface area contributed by atoms with Gasteiger partial charge in [0.05, 0.1) is 11.4 Å². The predicted octanol–water partition coefficient (Wildman–Crippen LogP) is 1.98. The van der Waals surface area contributed by atoms with Crippen LogP contribution in [0.25, 0.3) is 0 Å². The molecule has 2 aromatic rings. The molecule has 1 aliphatic rings. The zero-order valence-electron chi connectivity index (χ0n) is 12.8. The highest BCUT2D eigenvalue weighted by Gasteiger charge is 2.20. The van der Waals surface area contributed by atoms with E-state index in [1.165, 1.54) is 13.1 Å². The molecule has 1 amide bonds. The Kier molecular flexibility index (Phi) is 4.57. The molecule has 0 aliphatic carbocycles. The number of hydrogen-bond acceptors (Lipinski definition) is 6. The molecule has 0 fully saturated rings. The van der Waals surface area contributed by atoms with E-state index in [9.17, 15) is 14.8 Å². The van der Waals surface area contributed by atoms with Gasteiger partial charge in [-0.05, 0) is 30.8 Å². The Bertz CT molecular complexity index is 809. The van der Waals surface area contributed by atoms with Crippen molar-refractivity contribution in [1.82, 2.24) is 0 Å². The van der Waals surface area contributed by atoms with Crippen LogP contribution in [0.2, 0.25) is 0 Å². The minimum atomic E-state index is -0.329. The van der Waals surface area contributed by atoms with Crippen molar-refractivity contribution in [2.75, 3.05) is 17.9 Å². The minimum absolute atomic E-state index is 0.0397. The number of ether oxygens (including phenoxy) is 2. The molecule has 1 aromatic carbocycles. The average molecular weight is 346 g/mol. The van der Waals surface area contributed by atoms with Crippen LogP contribution in [-0.2, 0) is 4.79 Å². The molecule has 1 aliphatic heterocycles. The van der Waals surface area contributed by atoms with Gasteiger partial charge in [0.1, 0.15) is 0 Å². The van der Waals surface area contributed by atoms with Crippen molar-refractivity contribution in [3.05, 3.63) is 47.3 Å². The molecule has 124 valence electrons. The number of hydrogen-bond donors (Lipinski definition) is 1. The zero-order valence-corrected chi connectivity index (χ0v) is 13.6. The third-order valence-electron chi connectivity index (χ3n) is 3.31. The lowest BCUT2D eigenvalue weighted by Gasteiger charge is -2.10. The first-order valence-electron chi connectivity index (χ1n) is 7.10. The molecular weight excluding hydrogens is 332 g/mol. The van der Waals surface area contributed by atoms with Gasteiger partial charge >= 0.3 is 0 Å². The van der Waals surface area contributed by atoms with Gasteiger partial charge in [-0.15, -0.1) is 0 Å². The Morgan fingerprint density at radius 1 is 1.29 bits per heavy atom. The van der Waals surface area contributed by atoms with Crippen molar-refractivity contribution in [2.24, 2.45) is 0 Å². The third-order valence-corrected chi connectivity index (χ3v) is 4.32. The van der Waals surface area contributed by atoms with Gasteiger partial charge in [-0.25, -0.2) is 0 Å². The fraction of sp³-hybridized carbons (Fsp3) is 0.188. The smallest absolute Gasteiger partial charge is 0.251 e. The highest BCUT2D eigenvalue weighted by Crippen LogP contribution is 2.37. The first-order valence-corrected chi connectivity index (χ1v) is 8.08. The topological polar surface area (TPSA) is 91.6 Å². The molecule has 7 nitrogen and oxygen atoms in total. The maximum Gasteiger partial charge on any atom is 0.251 e. The first kappa shape index (κ1) is 16.1. The Balaban J connectivity index is 1.72. The van der Waals surface area contributed by atoms with Crippen LogP contribution in [0.4, 0.5) is 5.69 Å². The molecule has 1 N–H and O–H groups in total. The van der Waals surface area contributed by atoms with E-state index >= 15 is 0 Å². The number of carbonyl (C=O) groups is 2. The van der Waals surface area contributed by atoms with Crippen LogP contribution in [0, 0.1) is 5.21 Å². The van der Waals surface area contributed by atoms with Crippen LogP contribution in [-0.4, -0.2) is 24.2 Å². The largest absolute Gasteiger partial charge is 0.618 e.